The van der Waals surface area contributed by atoms with Gasteiger partial charge < -0.3 is 10.2 Å². The molecule has 0 fully saturated rings. The molecule has 3 rings (SSSR count). The highest BCUT2D eigenvalue weighted by atomic mass is 16.4. The highest BCUT2D eigenvalue weighted by Crippen LogP contribution is 2.33. The number of benzene rings is 3. The Morgan fingerprint density at radius 3 is 1.44 bits per heavy atom. The van der Waals surface area contributed by atoms with Gasteiger partial charge >= 0.3 is 5.97 Å². The van der Waals surface area contributed by atoms with E-state index in [1.165, 1.54) is 24.3 Å². The lowest BCUT2D eigenvalue weighted by Gasteiger charge is -2.28. The van der Waals surface area contributed by atoms with Crippen molar-refractivity contribution in [2.45, 2.75) is 5.60 Å². The molecular weight excluding hydrogens is 316 g/mol. The van der Waals surface area contributed by atoms with E-state index in [2.05, 4.69) is 0 Å². The van der Waals surface area contributed by atoms with Crippen molar-refractivity contribution in [1.82, 2.24) is 0 Å². The van der Waals surface area contributed by atoms with E-state index in [0.29, 0.717) is 11.1 Å². The first kappa shape index (κ1) is 16.6. The lowest BCUT2D eigenvalue weighted by Crippen LogP contribution is -2.37. The van der Waals surface area contributed by atoms with Crippen molar-refractivity contribution in [1.29, 1.82) is 0 Å². The summed E-state index contributed by atoms with van der Waals surface area (Å²) in [4.78, 5) is 24.1. The molecule has 0 aromatic heterocycles. The summed E-state index contributed by atoms with van der Waals surface area (Å²) < 4.78 is 0. The zero-order chi connectivity index (χ0) is 17.9. The minimum atomic E-state index is -1.85. The Hall–Kier alpha value is -3.24. The summed E-state index contributed by atoms with van der Waals surface area (Å²) in [6, 6.07) is 22.9. The zero-order valence-corrected chi connectivity index (χ0v) is 13.3. The van der Waals surface area contributed by atoms with Gasteiger partial charge in [-0.2, -0.15) is 0 Å². The minimum Gasteiger partial charge on any atom is -0.478 e. The lowest BCUT2D eigenvalue weighted by atomic mass is 9.80. The molecule has 0 aliphatic heterocycles. The van der Waals surface area contributed by atoms with Crippen molar-refractivity contribution >= 4 is 11.8 Å². The number of Topliss-reactive ketones (excluding diaryl/α,β-unsaturated/α-hetero) is 1. The number of carbonyl (C=O) groups is 2. The Balaban J connectivity index is 2.12. The number of rotatable bonds is 5. The average Bonchev–Trinajstić information content (AvgIpc) is 2.68. The normalized spacial score (nSPS) is 11.1. The number of carboxylic acid groups (broad SMARTS) is 1. The quantitative estimate of drug-likeness (QED) is 0.701. The lowest BCUT2D eigenvalue weighted by molar-refractivity contribution is 0.0487. The van der Waals surface area contributed by atoms with Crippen LogP contribution in [-0.2, 0) is 5.60 Å². The van der Waals surface area contributed by atoms with Gasteiger partial charge in [0.2, 0.25) is 5.78 Å². The van der Waals surface area contributed by atoms with Gasteiger partial charge in [-0.3, -0.25) is 4.79 Å². The van der Waals surface area contributed by atoms with Crippen LogP contribution in [0.5, 0.6) is 0 Å². The van der Waals surface area contributed by atoms with Crippen LogP contribution >= 0.6 is 0 Å². The molecule has 0 spiro atoms. The molecule has 0 amide bonds. The van der Waals surface area contributed by atoms with Crippen LogP contribution in [0.4, 0.5) is 0 Å². The maximum Gasteiger partial charge on any atom is 0.335 e. The van der Waals surface area contributed by atoms with Crippen molar-refractivity contribution in [3.8, 4) is 0 Å². The van der Waals surface area contributed by atoms with Crippen molar-refractivity contribution in [3.05, 3.63) is 107 Å². The van der Waals surface area contributed by atoms with E-state index in [9.17, 15) is 14.7 Å². The molecule has 25 heavy (non-hydrogen) atoms. The second-order valence-corrected chi connectivity index (χ2v) is 5.65. The van der Waals surface area contributed by atoms with E-state index in [0.717, 1.165) is 0 Å². The van der Waals surface area contributed by atoms with E-state index in [-0.39, 0.29) is 11.1 Å². The Morgan fingerprint density at radius 2 is 1.04 bits per heavy atom. The van der Waals surface area contributed by atoms with Gasteiger partial charge in [0.15, 0.2) is 5.60 Å². The number of hydrogen-bond acceptors (Lipinski definition) is 3. The summed E-state index contributed by atoms with van der Waals surface area (Å²) in [7, 11) is 0. The fraction of sp³-hybridized carbons (Fsp3) is 0.0476. The Labute approximate surface area is 145 Å². The molecule has 0 aliphatic rings. The van der Waals surface area contributed by atoms with Crippen LogP contribution in [0.2, 0.25) is 0 Å². The van der Waals surface area contributed by atoms with Gasteiger partial charge in [0, 0.05) is 5.56 Å². The predicted octanol–water partition coefficient (Wildman–Crippen LogP) is 3.50. The van der Waals surface area contributed by atoms with Gasteiger partial charge in [-0.05, 0) is 23.3 Å². The molecule has 0 bridgehead atoms. The fourth-order valence-electron chi connectivity index (χ4n) is 2.76. The van der Waals surface area contributed by atoms with Crippen LogP contribution in [0.1, 0.15) is 31.8 Å². The third-order valence-corrected chi connectivity index (χ3v) is 4.11. The first-order valence-electron chi connectivity index (χ1n) is 7.75. The van der Waals surface area contributed by atoms with Crippen LogP contribution < -0.4 is 0 Å². The first-order valence-corrected chi connectivity index (χ1v) is 7.75. The number of hydrogen-bond donors (Lipinski definition) is 2. The highest BCUT2D eigenvalue weighted by Gasteiger charge is 2.40. The molecule has 0 atom stereocenters. The van der Waals surface area contributed by atoms with Gasteiger partial charge in [0.05, 0.1) is 5.56 Å². The number of carbonyl (C=O) groups excluding carboxylic acids is 1. The van der Waals surface area contributed by atoms with Gasteiger partial charge in [-0.1, -0.05) is 72.8 Å². The van der Waals surface area contributed by atoms with Crippen LogP contribution in [-0.4, -0.2) is 22.0 Å². The Morgan fingerprint density at radius 1 is 0.640 bits per heavy atom. The molecule has 0 heterocycles. The zero-order valence-electron chi connectivity index (χ0n) is 13.3. The largest absolute Gasteiger partial charge is 0.478 e. The monoisotopic (exact) mass is 332 g/mol. The molecule has 3 aromatic carbocycles. The Bertz CT molecular complexity index is 845. The summed E-state index contributed by atoms with van der Waals surface area (Å²) in [5.41, 5.74) is -0.630. The van der Waals surface area contributed by atoms with Gasteiger partial charge in [-0.15, -0.1) is 0 Å². The van der Waals surface area contributed by atoms with Gasteiger partial charge in [0.1, 0.15) is 0 Å². The molecule has 0 saturated heterocycles. The molecule has 0 saturated carbocycles. The van der Waals surface area contributed by atoms with Crippen molar-refractivity contribution in [3.63, 3.8) is 0 Å². The van der Waals surface area contributed by atoms with Gasteiger partial charge in [0.25, 0.3) is 0 Å². The molecule has 124 valence electrons. The molecule has 2 N–H and O–H groups in total. The first-order chi connectivity index (χ1) is 12.0. The molecule has 3 aromatic rings. The maximum atomic E-state index is 13.2. The van der Waals surface area contributed by atoms with Crippen LogP contribution in [0.25, 0.3) is 0 Å². The molecular formula is C21H16O4. The SMILES string of the molecule is O=C(O)c1ccc(C(=O)C(O)(c2ccccc2)c2ccccc2)cc1. The third kappa shape index (κ3) is 3.07. The van der Waals surface area contributed by atoms with Gasteiger partial charge in [-0.25, -0.2) is 4.79 Å². The molecule has 0 aliphatic carbocycles. The average molecular weight is 332 g/mol. The Kier molecular flexibility index (Phi) is 4.46. The van der Waals surface area contributed by atoms with Crippen molar-refractivity contribution < 1.29 is 19.8 Å². The van der Waals surface area contributed by atoms with E-state index in [1.54, 1.807) is 60.7 Å². The fourth-order valence-corrected chi connectivity index (χ4v) is 2.76. The second-order valence-electron chi connectivity index (χ2n) is 5.65. The molecule has 4 nitrogen and oxygen atoms in total. The molecule has 0 radical (unpaired) electrons. The van der Waals surface area contributed by atoms with Crippen molar-refractivity contribution in [2.24, 2.45) is 0 Å². The summed E-state index contributed by atoms with van der Waals surface area (Å²) in [5.74, 6) is -1.58. The predicted molar refractivity (Wildman–Crippen MR) is 93.6 cm³/mol. The third-order valence-electron chi connectivity index (χ3n) is 4.11. The summed E-state index contributed by atoms with van der Waals surface area (Å²) >= 11 is 0. The standard InChI is InChI=1S/C21H16O4/c22-19(15-11-13-16(14-12-15)20(23)24)21(25,17-7-3-1-4-8-17)18-9-5-2-6-10-18/h1-14,25H,(H,23,24). The van der Waals surface area contributed by atoms with E-state index < -0.39 is 17.4 Å². The van der Waals surface area contributed by atoms with Crippen LogP contribution in [0.3, 0.4) is 0 Å². The van der Waals surface area contributed by atoms with Crippen LogP contribution in [0, 0.1) is 0 Å². The molecule has 4 heteroatoms. The van der Waals surface area contributed by atoms with Crippen LogP contribution in [0.15, 0.2) is 84.9 Å². The number of ketones is 1. The smallest absolute Gasteiger partial charge is 0.335 e. The number of aliphatic hydroxyl groups is 1. The topological polar surface area (TPSA) is 74.6 Å². The minimum absolute atomic E-state index is 0.0829. The number of aromatic carboxylic acids is 1. The molecule has 0 unspecified atom stereocenters. The second kappa shape index (κ2) is 6.71. The highest BCUT2D eigenvalue weighted by molar-refractivity contribution is 6.05. The van der Waals surface area contributed by atoms with E-state index >= 15 is 0 Å². The van der Waals surface area contributed by atoms with Crippen molar-refractivity contribution in [2.75, 3.05) is 0 Å². The number of carboxylic acids is 1. The maximum absolute atomic E-state index is 13.2. The summed E-state index contributed by atoms with van der Waals surface area (Å²) in [6.07, 6.45) is 0. The van der Waals surface area contributed by atoms with E-state index in [4.69, 9.17) is 5.11 Å². The summed E-state index contributed by atoms with van der Waals surface area (Å²) in [5, 5.41) is 20.4. The summed E-state index contributed by atoms with van der Waals surface area (Å²) in [6.45, 7) is 0. The van der Waals surface area contributed by atoms with E-state index in [1.807, 2.05) is 0 Å².